The van der Waals surface area contributed by atoms with E-state index in [1.54, 1.807) is 12.1 Å². The van der Waals surface area contributed by atoms with Gasteiger partial charge in [0.2, 0.25) is 5.96 Å². The van der Waals surface area contributed by atoms with Gasteiger partial charge in [0.25, 0.3) is 20.2 Å². The van der Waals surface area contributed by atoms with Crippen molar-refractivity contribution in [3.63, 3.8) is 0 Å². The van der Waals surface area contributed by atoms with E-state index in [4.69, 9.17) is 33.4 Å². The molecule has 1 heterocycles. The van der Waals surface area contributed by atoms with E-state index in [0.717, 1.165) is 16.8 Å². The van der Waals surface area contributed by atoms with Crippen LogP contribution in [0.25, 0.3) is 0 Å². The highest BCUT2D eigenvalue weighted by atomic mass is 35.5. The molecule has 0 bridgehead atoms. The van der Waals surface area contributed by atoms with Gasteiger partial charge in [0.15, 0.2) is 0 Å². The number of nitrogens with two attached hydrogens (primary N) is 1. The molecule has 210 valence electrons. The van der Waals surface area contributed by atoms with Crippen LogP contribution in [0.3, 0.4) is 0 Å². The van der Waals surface area contributed by atoms with Crippen molar-refractivity contribution in [3.05, 3.63) is 100 Å². The van der Waals surface area contributed by atoms with Gasteiger partial charge in [0.05, 0.1) is 23.2 Å². The summed E-state index contributed by atoms with van der Waals surface area (Å²) in [5.41, 5.74) is 2.56. The fourth-order valence-corrected chi connectivity index (χ4v) is 6.51. The van der Waals surface area contributed by atoms with E-state index < -0.39 is 20.2 Å². The summed E-state index contributed by atoms with van der Waals surface area (Å²) in [4.78, 5) is 4.67. The Morgan fingerprint density at radius 3 is 2.10 bits per heavy atom. The van der Waals surface area contributed by atoms with Crippen LogP contribution in [-0.2, 0) is 20.2 Å². The third kappa shape index (κ3) is 6.82. The van der Waals surface area contributed by atoms with Gasteiger partial charge in [-0.3, -0.25) is 0 Å². The molecule has 1 saturated carbocycles. The molecule has 0 radical (unpaired) electrons. The van der Waals surface area contributed by atoms with E-state index in [2.05, 4.69) is 14.4 Å². The molecule has 3 aromatic carbocycles. The summed E-state index contributed by atoms with van der Waals surface area (Å²) >= 11 is 12.1. The van der Waals surface area contributed by atoms with E-state index in [9.17, 15) is 16.8 Å². The number of benzene rings is 3. The Bertz CT molecular complexity index is 1640. The SMILES string of the molecule is NS(=O)(=O)NC1CC(/N=C(/NS(=O)(=O)c2ccc(Cl)cc2)N2C[C@@H](c3ccccc3)C(c3ccc(Cl)cc3)=N2)C1. The third-order valence-corrected chi connectivity index (χ3v) is 9.11. The van der Waals surface area contributed by atoms with Gasteiger partial charge >= 0.3 is 0 Å². The molecule has 5 rings (SSSR count). The van der Waals surface area contributed by atoms with Crippen molar-refractivity contribution in [3.8, 4) is 0 Å². The second-order valence-corrected chi connectivity index (χ2v) is 13.4. The Morgan fingerprint density at radius 1 is 0.900 bits per heavy atom. The predicted octanol–water partition coefficient (Wildman–Crippen LogP) is 3.46. The summed E-state index contributed by atoms with van der Waals surface area (Å²) in [6, 6.07) is 22.1. The Morgan fingerprint density at radius 2 is 1.50 bits per heavy atom. The summed E-state index contributed by atoms with van der Waals surface area (Å²) in [5.74, 6) is -0.162. The van der Waals surface area contributed by atoms with Crippen molar-refractivity contribution in [1.29, 1.82) is 0 Å². The quantitative estimate of drug-likeness (QED) is 0.273. The maximum atomic E-state index is 13.4. The zero-order valence-electron chi connectivity index (χ0n) is 21.0. The van der Waals surface area contributed by atoms with Crippen LogP contribution in [-0.4, -0.2) is 52.1 Å². The average Bonchev–Trinajstić information content (AvgIpc) is 3.33. The lowest BCUT2D eigenvalue weighted by atomic mass is 9.88. The maximum absolute atomic E-state index is 13.4. The van der Waals surface area contributed by atoms with Gasteiger partial charge in [0.1, 0.15) is 0 Å². The normalized spacial score (nSPS) is 21.6. The van der Waals surface area contributed by atoms with Gasteiger partial charge < -0.3 is 0 Å². The molecule has 1 atom stereocenters. The number of hydrogen-bond donors (Lipinski definition) is 3. The first-order valence-electron chi connectivity index (χ1n) is 12.3. The van der Waals surface area contributed by atoms with Crippen molar-refractivity contribution in [2.24, 2.45) is 15.2 Å². The summed E-state index contributed by atoms with van der Waals surface area (Å²) in [7, 11) is -7.92. The molecule has 4 N–H and O–H groups in total. The van der Waals surface area contributed by atoms with E-state index >= 15 is 0 Å². The Labute approximate surface area is 243 Å². The van der Waals surface area contributed by atoms with Gasteiger partial charge in [-0.1, -0.05) is 65.7 Å². The molecule has 2 aliphatic rings. The third-order valence-electron chi connectivity index (χ3n) is 6.60. The molecule has 1 aliphatic heterocycles. The fraction of sp³-hybridized carbons (Fsp3) is 0.231. The van der Waals surface area contributed by atoms with Crippen LogP contribution in [0.4, 0.5) is 0 Å². The van der Waals surface area contributed by atoms with Crippen LogP contribution in [0.15, 0.2) is 93.9 Å². The maximum Gasteiger partial charge on any atom is 0.274 e. The molecule has 40 heavy (non-hydrogen) atoms. The monoisotopic (exact) mass is 620 g/mol. The van der Waals surface area contributed by atoms with Crippen LogP contribution in [0.2, 0.25) is 10.0 Å². The lowest BCUT2D eigenvalue weighted by Crippen LogP contribution is -2.50. The van der Waals surface area contributed by atoms with Crippen molar-refractivity contribution < 1.29 is 16.8 Å². The highest BCUT2D eigenvalue weighted by Crippen LogP contribution is 2.31. The summed E-state index contributed by atoms with van der Waals surface area (Å²) in [5, 5.41) is 12.4. The Balaban J connectivity index is 1.50. The minimum absolute atomic E-state index is 0.00712. The van der Waals surface area contributed by atoms with E-state index in [1.807, 2.05) is 42.5 Å². The zero-order chi connectivity index (χ0) is 28.5. The average molecular weight is 622 g/mol. The number of nitrogens with zero attached hydrogens (tertiary/aromatic N) is 3. The molecular weight excluding hydrogens is 595 g/mol. The van der Waals surface area contributed by atoms with Crippen LogP contribution in [0.5, 0.6) is 0 Å². The standard InChI is InChI=1S/C26H26Cl2N6O4S2/c27-19-8-6-18(7-9-19)25-24(17-4-2-1-3-5-17)16-34(31-25)26(30-21-14-22(15-21)32-40(29,37)38)33-39(35,36)23-12-10-20(28)11-13-23/h1-13,21-22,24,32H,14-16H2,(H,30,33)(H2,29,37,38)/t21?,22?,24-/m0/s1. The van der Waals surface area contributed by atoms with Crippen LogP contribution < -0.4 is 14.6 Å². The molecule has 0 aromatic heterocycles. The second-order valence-electron chi connectivity index (χ2n) is 9.53. The number of halogens is 2. The summed E-state index contributed by atoms with van der Waals surface area (Å²) < 4.78 is 54.5. The largest absolute Gasteiger partial charge is 0.274 e. The fourth-order valence-electron chi connectivity index (χ4n) is 4.60. The van der Waals surface area contributed by atoms with E-state index in [0.29, 0.717) is 29.4 Å². The van der Waals surface area contributed by atoms with Crippen LogP contribution >= 0.6 is 23.2 Å². The van der Waals surface area contributed by atoms with Gasteiger partial charge in [-0.25, -0.2) is 28.3 Å². The van der Waals surface area contributed by atoms with Gasteiger partial charge in [-0.05, 0) is 60.4 Å². The molecule has 10 nitrogen and oxygen atoms in total. The highest BCUT2D eigenvalue weighted by Gasteiger charge is 2.36. The lowest BCUT2D eigenvalue weighted by molar-refractivity contribution is 0.323. The smallest absolute Gasteiger partial charge is 0.248 e. The summed E-state index contributed by atoms with van der Waals surface area (Å²) in [6.07, 6.45) is 0.707. The number of aliphatic imine (C=N–C) groups is 1. The molecule has 0 amide bonds. The number of nitrogens with one attached hydrogen (secondary N) is 2. The molecule has 0 unspecified atom stereocenters. The first-order chi connectivity index (χ1) is 19.0. The molecule has 0 saturated heterocycles. The molecule has 3 aromatic rings. The minimum Gasteiger partial charge on any atom is -0.248 e. The van der Waals surface area contributed by atoms with Crippen molar-refractivity contribution in [1.82, 2.24) is 14.5 Å². The van der Waals surface area contributed by atoms with Gasteiger partial charge in [0, 0.05) is 22.0 Å². The first-order valence-corrected chi connectivity index (χ1v) is 16.1. The van der Waals surface area contributed by atoms with Gasteiger partial charge in [-0.15, -0.1) is 0 Å². The van der Waals surface area contributed by atoms with Crippen molar-refractivity contribution in [2.75, 3.05) is 6.54 Å². The van der Waals surface area contributed by atoms with E-state index in [-0.39, 0.29) is 28.9 Å². The van der Waals surface area contributed by atoms with Gasteiger partial charge in [-0.2, -0.15) is 18.2 Å². The van der Waals surface area contributed by atoms with Crippen molar-refractivity contribution >= 4 is 55.1 Å². The number of sulfonamides is 1. The lowest BCUT2D eigenvalue weighted by Gasteiger charge is -2.33. The second kappa shape index (κ2) is 11.5. The van der Waals surface area contributed by atoms with Crippen LogP contribution in [0.1, 0.15) is 29.9 Å². The molecule has 0 spiro atoms. The topological polar surface area (TPSA) is 146 Å². The minimum atomic E-state index is -4.05. The predicted molar refractivity (Wildman–Crippen MR) is 156 cm³/mol. The number of guanidine groups is 1. The molecule has 1 aliphatic carbocycles. The number of hydrazone groups is 1. The Hall–Kier alpha value is -3.00. The first kappa shape index (κ1) is 28.5. The molecular formula is C26H26Cl2N6O4S2. The van der Waals surface area contributed by atoms with E-state index in [1.165, 1.54) is 29.3 Å². The number of hydrogen-bond acceptors (Lipinski definition) is 6. The van der Waals surface area contributed by atoms with Crippen LogP contribution in [0, 0.1) is 0 Å². The van der Waals surface area contributed by atoms with Crippen molar-refractivity contribution in [2.45, 2.75) is 35.7 Å². The Kier molecular flexibility index (Phi) is 8.18. The summed E-state index contributed by atoms with van der Waals surface area (Å²) in [6.45, 7) is 0.315. The molecule has 1 fully saturated rings. The zero-order valence-corrected chi connectivity index (χ0v) is 24.1. The molecule has 14 heteroatoms. The highest BCUT2D eigenvalue weighted by molar-refractivity contribution is 7.90. The number of rotatable bonds is 7.